The number of hydrogen-bond acceptors (Lipinski definition) is 4. The highest BCUT2D eigenvalue weighted by Gasteiger charge is 2.31. The van der Waals surface area contributed by atoms with E-state index in [1.54, 1.807) is 0 Å². The van der Waals surface area contributed by atoms with Crippen molar-refractivity contribution >= 4 is 9.84 Å². The molecule has 2 rings (SSSR count). The molecular formula is C13H23N3O2S. The van der Waals surface area contributed by atoms with Gasteiger partial charge in [0.15, 0.2) is 9.84 Å². The molecule has 1 aromatic heterocycles. The number of sulfone groups is 1. The minimum Gasteiger partial charge on any atom is -0.327 e. The molecule has 2 unspecified atom stereocenters. The first-order valence-electron chi connectivity index (χ1n) is 6.84. The van der Waals surface area contributed by atoms with Crippen molar-refractivity contribution in [3.8, 4) is 0 Å². The Morgan fingerprint density at radius 1 is 1.47 bits per heavy atom. The Morgan fingerprint density at radius 2 is 2.16 bits per heavy atom. The number of aromatic nitrogens is 2. The van der Waals surface area contributed by atoms with Crippen LogP contribution in [0.5, 0.6) is 0 Å². The number of nitrogens with two attached hydrogens (primary N) is 1. The third kappa shape index (κ3) is 3.00. The maximum atomic E-state index is 11.6. The second-order valence-corrected chi connectivity index (χ2v) is 7.75. The largest absolute Gasteiger partial charge is 0.327 e. The summed E-state index contributed by atoms with van der Waals surface area (Å²) in [4.78, 5) is 0. The van der Waals surface area contributed by atoms with Crippen LogP contribution in [0.25, 0.3) is 0 Å². The molecule has 2 heterocycles. The van der Waals surface area contributed by atoms with Crippen LogP contribution < -0.4 is 5.73 Å². The van der Waals surface area contributed by atoms with Crippen molar-refractivity contribution in [2.24, 2.45) is 5.73 Å². The average molecular weight is 285 g/mol. The first-order chi connectivity index (χ1) is 8.84. The molecule has 0 bridgehead atoms. The number of aryl methyl sites for hydroxylation is 1. The van der Waals surface area contributed by atoms with Gasteiger partial charge in [-0.1, -0.05) is 6.92 Å². The van der Waals surface area contributed by atoms with Gasteiger partial charge in [-0.15, -0.1) is 0 Å². The van der Waals surface area contributed by atoms with Crippen LogP contribution in [0.15, 0.2) is 0 Å². The maximum Gasteiger partial charge on any atom is 0.152 e. The highest BCUT2D eigenvalue weighted by atomic mass is 32.2. The molecule has 5 nitrogen and oxygen atoms in total. The summed E-state index contributed by atoms with van der Waals surface area (Å²) in [5, 5.41) is 4.54. The smallest absolute Gasteiger partial charge is 0.152 e. The second-order valence-electron chi connectivity index (χ2n) is 5.52. The summed E-state index contributed by atoms with van der Waals surface area (Å²) in [6, 6.07) is 0.137. The van der Waals surface area contributed by atoms with Gasteiger partial charge in [0.05, 0.1) is 23.2 Å². The zero-order valence-corrected chi connectivity index (χ0v) is 12.7. The first kappa shape index (κ1) is 14.5. The number of hydrogen-bond donors (Lipinski definition) is 1. The van der Waals surface area contributed by atoms with Gasteiger partial charge in [-0.3, -0.25) is 4.68 Å². The zero-order valence-electron chi connectivity index (χ0n) is 11.9. The molecule has 0 aromatic carbocycles. The molecule has 108 valence electrons. The van der Waals surface area contributed by atoms with Crippen molar-refractivity contribution in [3.63, 3.8) is 0 Å². The van der Waals surface area contributed by atoms with Gasteiger partial charge in [0, 0.05) is 11.7 Å². The molecule has 19 heavy (non-hydrogen) atoms. The van der Waals surface area contributed by atoms with E-state index in [-0.39, 0.29) is 23.6 Å². The summed E-state index contributed by atoms with van der Waals surface area (Å²) in [6.45, 7) is 6.07. The molecule has 6 heteroatoms. The molecule has 1 saturated heterocycles. The fraction of sp³-hybridized carbons (Fsp3) is 0.769. The fourth-order valence-electron chi connectivity index (χ4n) is 2.72. The van der Waals surface area contributed by atoms with Crippen molar-refractivity contribution in [1.82, 2.24) is 9.78 Å². The molecule has 0 saturated carbocycles. The van der Waals surface area contributed by atoms with E-state index in [1.165, 1.54) is 5.56 Å². The molecule has 1 fully saturated rings. The molecule has 1 aromatic rings. The summed E-state index contributed by atoms with van der Waals surface area (Å²) in [5.41, 5.74) is 9.25. The predicted octanol–water partition coefficient (Wildman–Crippen LogP) is 1.14. The Kier molecular flexibility index (Phi) is 4.01. The van der Waals surface area contributed by atoms with E-state index in [1.807, 2.05) is 18.5 Å². The molecule has 1 aliphatic rings. The molecule has 2 atom stereocenters. The summed E-state index contributed by atoms with van der Waals surface area (Å²) in [7, 11) is -2.88. The van der Waals surface area contributed by atoms with E-state index in [0.717, 1.165) is 24.2 Å². The molecule has 1 aliphatic heterocycles. The standard InChI is InChI=1S/C13H23N3O2S/c1-4-11(14)7-13-9(2)15-16(10(13)3)12-5-6-19(17,18)8-12/h11-12H,4-8,14H2,1-3H3. The van der Waals surface area contributed by atoms with E-state index in [4.69, 9.17) is 5.73 Å². The Morgan fingerprint density at radius 3 is 2.68 bits per heavy atom. The molecule has 0 spiro atoms. The lowest BCUT2D eigenvalue weighted by atomic mass is 10.0. The van der Waals surface area contributed by atoms with E-state index in [0.29, 0.717) is 6.42 Å². The number of rotatable bonds is 4. The van der Waals surface area contributed by atoms with E-state index in [9.17, 15) is 8.42 Å². The van der Waals surface area contributed by atoms with Gasteiger partial charge >= 0.3 is 0 Å². The van der Waals surface area contributed by atoms with Crippen LogP contribution in [-0.4, -0.2) is 35.7 Å². The minimum atomic E-state index is -2.88. The lowest BCUT2D eigenvalue weighted by Crippen LogP contribution is -2.22. The van der Waals surface area contributed by atoms with Crippen molar-refractivity contribution in [3.05, 3.63) is 17.0 Å². The van der Waals surface area contributed by atoms with Crippen LogP contribution in [0.4, 0.5) is 0 Å². The molecule has 2 N–H and O–H groups in total. The lowest BCUT2D eigenvalue weighted by molar-refractivity contribution is 0.485. The number of nitrogens with zero attached hydrogens (tertiary/aromatic N) is 2. The minimum absolute atomic E-state index is 0.00435. The van der Waals surface area contributed by atoms with Crippen molar-refractivity contribution < 1.29 is 8.42 Å². The van der Waals surface area contributed by atoms with Crippen LogP contribution >= 0.6 is 0 Å². The van der Waals surface area contributed by atoms with Gasteiger partial charge < -0.3 is 5.73 Å². The average Bonchev–Trinajstić information content (AvgIpc) is 2.83. The van der Waals surface area contributed by atoms with Crippen molar-refractivity contribution in [2.45, 2.75) is 52.1 Å². The Balaban J connectivity index is 2.26. The highest BCUT2D eigenvalue weighted by molar-refractivity contribution is 7.91. The van der Waals surface area contributed by atoms with Gasteiger partial charge in [-0.2, -0.15) is 5.10 Å². The van der Waals surface area contributed by atoms with Gasteiger partial charge in [0.25, 0.3) is 0 Å². The van der Waals surface area contributed by atoms with E-state index < -0.39 is 9.84 Å². The summed E-state index contributed by atoms with van der Waals surface area (Å²) in [6.07, 6.45) is 2.42. The van der Waals surface area contributed by atoms with Crippen LogP contribution in [0.3, 0.4) is 0 Å². The van der Waals surface area contributed by atoms with Gasteiger partial charge in [-0.25, -0.2) is 8.42 Å². The van der Waals surface area contributed by atoms with Crippen LogP contribution in [0.2, 0.25) is 0 Å². The predicted molar refractivity (Wildman–Crippen MR) is 76.0 cm³/mol. The fourth-order valence-corrected chi connectivity index (χ4v) is 4.41. The Hall–Kier alpha value is -0.880. The first-order valence-corrected chi connectivity index (χ1v) is 8.66. The third-order valence-electron chi connectivity index (χ3n) is 4.02. The van der Waals surface area contributed by atoms with Gasteiger partial charge in [0.1, 0.15) is 0 Å². The van der Waals surface area contributed by atoms with Crippen molar-refractivity contribution in [2.75, 3.05) is 11.5 Å². The summed E-state index contributed by atoms with van der Waals surface area (Å²) < 4.78 is 25.1. The van der Waals surface area contributed by atoms with Crippen LogP contribution in [-0.2, 0) is 16.3 Å². The Bertz CT molecular complexity index is 563. The van der Waals surface area contributed by atoms with Gasteiger partial charge in [0.2, 0.25) is 0 Å². The SMILES string of the molecule is CCC(N)Cc1c(C)nn(C2CCS(=O)(=O)C2)c1C. The monoisotopic (exact) mass is 285 g/mol. The molecule has 0 aliphatic carbocycles. The van der Waals surface area contributed by atoms with E-state index >= 15 is 0 Å². The molecule has 0 amide bonds. The topological polar surface area (TPSA) is 78.0 Å². The quantitative estimate of drug-likeness (QED) is 0.900. The maximum absolute atomic E-state index is 11.6. The molecule has 0 radical (unpaired) electrons. The third-order valence-corrected chi connectivity index (χ3v) is 5.77. The lowest BCUT2D eigenvalue weighted by Gasteiger charge is -2.12. The normalized spacial score (nSPS) is 23.7. The summed E-state index contributed by atoms with van der Waals surface area (Å²) in [5.74, 6) is 0.494. The summed E-state index contributed by atoms with van der Waals surface area (Å²) >= 11 is 0. The van der Waals surface area contributed by atoms with Crippen molar-refractivity contribution in [1.29, 1.82) is 0 Å². The second kappa shape index (κ2) is 5.25. The van der Waals surface area contributed by atoms with Crippen LogP contribution in [0.1, 0.15) is 42.8 Å². The van der Waals surface area contributed by atoms with Crippen LogP contribution in [0, 0.1) is 13.8 Å². The highest BCUT2D eigenvalue weighted by Crippen LogP contribution is 2.27. The van der Waals surface area contributed by atoms with E-state index in [2.05, 4.69) is 12.0 Å². The zero-order chi connectivity index (χ0) is 14.2. The molecular weight excluding hydrogens is 262 g/mol. The Labute approximate surface area is 115 Å². The van der Waals surface area contributed by atoms with Gasteiger partial charge in [-0.05, 0) is 38.7 Å².